The molecule has 0 radical (unpaired) electrons. The van der Waals surface area contributed by atoms with E-state index in [1.54, 1.807) is 11.3 Å². The molecule has 5 rings (SSSR count). The van der Waals surface area contributed by atoms with Crippen molar-refractivity contribution < 1.29 is 9.21 Å². The summed E-state index contributed by atoms with van der Waals surface area (Å²) in [5.41, 5.74) is 4.23. The first-order valence-electron chi connectivity index (χ1n) is 12.4. The first-order chi connectivity index (χ1) is 17.4. The number of hydrogen-bond acceptors (Lipinski definition) is 7. The van der Waals surface area contributed by atoms with E-state index in [1.807, 2.05) is 59.4 Å². The molecule has 2 aromatic heterocycles. The summed E-state index contributed by atoms with van der Waals surface area (Å²) in [4.78, 5) is 22.3. The topological polar surface area (TPSA) is 75.4 Å². The number of carbonyl (C=O) groups excluding carboxylic acids is 1. The van der Waals surface area contributed by atoms with Gasteiger partial charge >= 0.3 is 0 Å². The van der Waals surface area contributed by atoms with Gasteiger partial charge in [-0.25, -0.2) is 4.98 Å². The molecule has 0 N–H and O–H groups in total. The molecular weight excluding hydrogens is 470 g/mol. The van der Waals surface area contributed by atoms with Crippen LogP contribution in [0.3, 0.4) is 0 Å². The number of nitrogens with zero attached hydrogens (tertiary/aromatic N) is 5. The molecule has 3 aromatic rings. The number of amides is 1. The van der Waals surface area contributed by atoms with E-state index in [4.69, 9.17) is 4.42 Å². The Balaban J connectivity index is 1.40. The molecule has 186 valence electrons. The van der Waals surface area contributed by atoms with Crippen LogP contribution in [0.25, 0.3) is 5.70 Å². The Morgan fingerprint density at radius 3 is 2.78 bits per heavy atom. The van der Waals surface area contributed by atoms with Gasteiger partial charge in [0.1, 0.15) is 10.7 Å². The second-order valence-electron chi connectivity index (χ2n) is 9.38. The van der Waals surface area contributed by atoms with Crippen LogP contribution in [0.4, 0.5) is 0 Å². The number of likely N-dealkylation sites (N-methyl/N-ethyl adjacent to an activating group) is 1. The number of aromatic nitrogens is 3. The molecule has 8 heteroatoms. The summed E-state index contributed by atoms with van der Waals surface area (Å²) >= 11 is 1.62. The van der Waals surface area contributed by atoms with Gasteiger partial charge in [0.25, 0.3) is 11.8 Å². The minimum absolute atomic E-state index is 0.0141. The Morgan fingerprint density at radius 2 is 2.06 bits per heavy atom. The molecule has 2 aliphatic rings. The van der Waals surface area contributed by atoms with Crippen LogP contribution in [0.2, 0.25) is 0 Å². The van der Waals surface area contributed by atoms with Gasteiger partial charge in [-0.1, -0.05) is 43.8 Å². The number of rotatable bonds is 7. The van der Waals surface area contributed by atoms with Gasteiger partial charge in [0, 0.05) is 41.4 Å². The molecule has 0 bridgehead atoms. The Bertz CT molecular complexity index is 1320. The number of aryl methyl sites for hydroxylation is 1. The Morgan fingerprint density at radius 1 is 1.25 bits per heavy atom. The van der Waals surface area contributed by atoms with Gasteiger partial charge in [-0.15, -0.1) is 21.5 Å². The quantitative estimate of drug-likeness (QED) is 0.416. The SMILES string of the molecule is C=C1C=C(C(=O)N2CCCC2c2nc(C)cs2)C=C(c2nnc(C(C)Cc3ccccc3)o2)N1CC. The minimum Gasteiger partial charge on any atom is -0.419 e. The van der Waals surface area contributed by atoms with Crippen molar-refractivity contribution >= 4 is 22.9 Å². The van der Waals surface area contributed by atoms with Crippen LogP contribution in [0, 0.1) is 6.92 Å². The van der Waals surface area contributed by atoms with Crippen LogP contribution < -0.4 is 0 Å². The number of hydrogen-bond donors (Lipinski definition) is 0. The second-order valence-corrected chi connectivity index (χ2v) is 10.3. The van der Waals surface area contributed by atoms with Gasteiger partial charge in [-0.3, -0.25) is 4.79 Å². The van der Waals surface area contributed by atoms with Gasteiger partial charge in [-0.2, -0.15) is 0 Å². The lowest BCUT2D eigenvalue weighted by molar-refractivity contribution is -0.127. The standard InChI is InChI=1S/C28H31N5O2S/c1-5-32-20(4)15-22(28(34)33-13-9-12-23(33)27-29-19(3)17-36-27)16-24(32)26-31-30-25(35-26)18(2)14-21-10-7-6-8-11-21/h6-8,10-11,15-18,23H,4-5,9,12-14H2,1-3H3. The van der Waals surface area contributed by atoms with Crippen molar-refractivity contribution in [1.82, 2.24) is 25.0 Å². The van der Waals surface area contributed by atoms with Crippen LogP contribution >= 0.6 is 11.3 Å². The maximum absolute atomic E-state index is 13.7. The zero-order valence-electron chi connectivity index (χ0n) is 21.0. The molecule has 1 saturated heterocycles. The third kappa shape index (κ3) is 4.78. The first-order valence-corrected chi connectivity index (χ1v) is 13.3. The lowest BCUT2D eigenvalue weighted by Crippen LogP contribution is -2.33. The van der Waals surface area contributed by atoms with Gasteiger partial charge in [-0.05, 0) is 50.8 Å². The number of likely N-dealkylation sites (tertiary alicyclic amines) is 1. The summed E-state index contributed by atoms with van der Waals surface area (Å²) < 4.78 is 6.15. The molecule has 1 amide bonds. The largest absolute Gasteiger partial charge is 0.419 e. The highest BCUT2D eigenvalue weighted by Gasteiger charge is 2.35. The van der Waals surface area contributed by atoms with Crippen molar-refractivity contribution in [3.05, 3.63) is 93.8 Å². The Labute approximate surface area is 215 Å². The average molecular weight is 502 g/mol. The highest BCUT2D eigenvalue weighted by molar-refractivity contribution is 7.09. The molecule has 2 unspecified atom stereocenters. The Hall–Kier alpha value is -3.52. The van der Waals surface area contributed by atoms with Crippen LogP contribution in [0.5, 0.6) is 0 Å². The van der Waals surface area contributed by atoms with E-state index in [1.165, 1.54) is 5.56 Å². The molecule has 0 spiro atoms. The molecule has 1 aromatic carbocycles. The number of carbonyl (C=O) groups is 1. The highest BCUT2D eigenvalue weighted by atomic mass is 32.1. The molecule has 7 nitrogen and oxygen atoms in total. The normalized spacial score (nSPS) is 18.9. The summed E-state index contributed by atoms with van der Waals surface area (Å²) in [6.07, 6.45) is 6.42. The predicted molar refractivity (Wildman–Crippen MR) is 141 cm³/mol. The van der Waals surface area contributed by atoms with Crippen molar-refractivity contribution in [3.63, 3.8) is 0 Å². The van der Waals surface area contributed by atoms with E-state index in [-0.39, 0.29) is 17.9 Å². The molecule has 2 aliphatic heterocycles. The fourth-order valence-electron chi connectivity index (χ4n) is 4.90. The summed E-state index contributed by atoms with van der Waals surface area (Å²) in [5.74, 6) is 1.04. The van der Waals surface area contributed by atoms with Gasteiger partial charge in [0.15, 0.2) is 0 Å². The van der Waals surface area contributed by atoms with Crippen LogP contribution in [0.1, 0.15) is 66.7 Å². The molecule has 0 aliphatic carbocycles. The van der Waals surface area contributed by atoms with Crippen LogP contribution in [0.15, 0.2) is 70.1 Å². The molecule has 36 heavy (non-hydrogen) atoms. The highest BCUT2D eigenvalue weighted by Crippen LogP contribution is 2.37. The van der Waals surface area contributed by atoms with E-state index in [0.29, 0.717) is 36.1 Å². The molecule has 2 atom stereocenters. The number of allylic oxidation sites excluding steroid dienone is 1. The van der Waals surface area contributed by atoms with Crippen molar-refractivity contribution in [1.29, 1.82) is 0 Å². The van der Waals surface area contributed by atoms with Gasteiger partial charge in [0.2, 0.25) is 5.89 Å². The first kappa shape index (κ1) is 24.2. The third-order valence-electron chi connectivity index (χ3n) is 6.72. The van der Waals surface area contributed by atoms with Gasteiger partial charge in [0.05, 0.1) is 6.04 Å². The van der Waals surface area contributed by atoms with Crippen molar-refractivity contribution in [3.8, 4) is 0 Å². The lowest BCUT2D eigenvalue weighted by atomic mass is 10.0. The van der Waals surface area contributed by atoms with Crippen LogP contribution in [-0.2, 0) is 11.2 Å². The second kappa shape index (κ2) is 10.2. The maximum Gasteiger partial charge on any atom is 0.264 e. The van der Waals surface area contributed by atoms with E-state index < -0.39 is 0 Å². The van der Waals surface area contributed by atoms with E-state index in [0.717, 1.165) is 35.7 Å². The zero-order valence-corrected chi connectivity index (χ0v) is 21.8. The smallest absolute Gasteiger partial charge is 0.264 e. The minimum atomic E-state index is -0.0167. The molecular formula is C28H31N5O2S. The Kier molecular flexibility index (Phi) is 6.87. The predicted octanol–water partition coefficient (Wildman–Crippen LogP) is 5.66. The summed E-state index contributed by atoms with van der Waals surface area (Å²) in [6, 6.07) is 10.3. The summed E-state index contributed by atoms with van der Waals surface area (Å²) in [5, 5.41) is 11.8. The fourth-order valence-corrected chi connectivity index (χ4v) is 5.85. The molecule has 0 saturated carbocycles. The number of benzene rings is 1. The monoisotopic (exact) mass is 501 g/mol. The van der Waals surface area contributed by atoms with Crippen molar-refractivity contribution in [2.75, 3.05) is 13.1 Å². The maximum atomic E-state index is 13.7. The summed E-state index contributed by atoms with van der Waals surface area (Å²) in [6.45, 7) is 11.7. The molecule has 4 heterocycles. The van der Waals surface area contributed by atoms with E-state index >= 15 is 0 Å². The van der Waals surface area contributed by atoms with Crippen molar-refractivity contribution in [2.45, 2.75) is 52.0 Å². The van der Waals surface area contributed by atoms with Gasteiger partial charge < -0.3 is 14.2 Å². The fraction of sp³-hybridized carbons (Fsp3) is 0.357. The third-order valence-corrected chi connectivity index (χ3v) is 7.78. The van der Waals surface area contributed by atoms with Crippen molar-refractivity contribution in [2.24, 2.45) is 0 Å². The lowest BCUT2D eigenvalue weighted by Gasteiger charge is -2.30. The summed E-state index contributed by atoms with van der Waals surface area (Å²) in [7, 11) is 0. The van der Waals surface area contributed by atoms with Crippen LogP contribution in [-0.4, -0.2) is 44.0 Å². The zero-order chi connectivity index (χ0) is 25.2. The molecule has 1 fully saturated rings. The average Bonchev–Trinajstić information content (AvgIpc) is 3.64. The van der Waals surface area contributed by atoms with E-state index in [9.17, 15) is 4.79 Å². The van der Waals surface area contributed by atoms with E-state index in [2.05, 4.69) is 40.8 Å². The number of thiazole rings is 1.